The number of ether oxygens (including phenoxy) is 2. The van der Waals surface area contributed by atoms with Gasteiger partial charge in [0.2, 0.25) is 0 Å². The number of methoxy groups -OCH3 is 1. The summed E-state index contributed by atoms with van der Waals surface area (Å²) in [6.45, 7) is 6.79. The Kier molecular flexibility index (Phi) is 5.45. The summed E-state index contributed by atoms with van der Waals surface area (Å²) in [6, 6.07) is 6.12. The van der Waals surface area contributed by atoms with E-state index in [-0.39, 0.29) is 12.1 Å². The molecule has 1 unspecified atom stereocenters. The fourth-order valence-electron chi connectivity index (χ4n) is 1.69. The van der Waals surface area contributed by atoms with Crippen LogP contribution in [0.3, 0.4) is 0 Å². The highest BCUT2D eigenvalue weighted by atomic mass is 16.5. The van der Waals surface area contributed by atoms with Crippen LogP contribution < -0.4 is 10.5 Å². The number of hydrogen-bond donors (Lipinski definition) is 1. The van der Waals surface area contributed by atoms with Gasteiger partial charge in [-0.15, -0.1) is 0 Å². The van der Waals surface area contributed by atoms with E-state index in [1.807, 2.05) is 26.0 Å². The predicted octanol–water partition coefficient (Wildman–Crippen LogP) is 2.82. The zero-order valence-electron chi connectivity index (χ0n) is 11.2. The topological polar surface area (TPSA) is 44.5 Å². The molecule has 3 heteroatoms. The second kappa shape index (κ2) is 6.62. The van der Waals surface area contributed by atoms with Crippen molar-refractivity contribution < 1.29 is 9.47 Å². The van der Waals surface area contributed by atoms with E-state index in [1.54, 1.807) is 7.11 Å². The quantitative estimate of drug-likeness (QED) is 0.827. The van der Waals surface area contributed by atoms with E-state index in [0.29, 0.717) is 6.61 Å². The maximum atomic E-state index is 5.95. The molecule has 0 bridgehead atoms. The SMILES string of the molecule is COCCC(C)Oc1ccc(C)cc1[C@H](C)N. The summed E-state index contributed by atoms with van der Waals surface area (Å²) < 4.78 is 10.9. The Morgan fingerprint density at radius 3 is 2.59 bits per heavy atom. The standard InChI is InChI=1S/C14H23NO2/c1-10-5-6-14(13(9-10)12(3)15)17-11(2)7-8-16-4/h5-6,9,11-12H,7-8,15H2,1-4H3/t11?,12-/m0/s1. The molecule has 0 spiro atoms. The molecule has 2 N–H and O–H groups in total. The van der Waals surface area contributed by atoms with Gasteiger partial charge in [0.1, 0.15) is 5.75 Å². The molecule has 2 atom stereocenters. The fraction of sp³-hybridized carbons (Fsp3) is 0.571. The second-order valence-electron chi connectivity index (χ2n) is 4.54. The van der Waals surface area contributed by atoms with Gasteiger partial charge in [-0.1, -0.05) is 17.7 Å². The summed E-state index contributed by atoms with van der Waals surface area (Å²) in [5, 5.41) is 0. The Hall–Kier alpha value is -1.06. The van der Waals surface area contributed by atoms with Crippen molar-refractivity contribution in [2.45, 2.75) is 39.3 Å². The van der Waals surface area contributed by atoms with Gasteiger partial charge in [-0.2, -0.15) is 0 Å². The Bertz CT molecular complexity index is 350. The maximum absolute atomic E-state index is 5.95. The molecule has 17 heavy (non-hydrogen) atoms. The average molecular weight is 237 g/mol. The zero-order valence-corrected chi connectivity index (χ0v) is 11.2. The van der Waals surface area contributed by atoms with Crippen molar-refractivity contribution in [1.29, 1.82) is 0 Å². The number of rotatable bonds is 6. The lowest BCUT2D eigenvalue weighted by molar-refractivity contribution is 0.134. The maximum Gasteiger partial charge on any atom is 0.124 e. The summed E-state index contributed by atoms with van der Waals surface area (Å²) in [5.74, 6) is 0.884. The van der Waals surface area contributed by atoms with Gasteiger partial charge < -0.3 is 15.2 Å². The van der Waals surface area contributed by atoms with E-state index in [0.717, 1.165) is 17.7 Å². The first-order chi connectivity index (χ1) is 8.04. The normalized spacial score (nSPS) is 14.4. The Morgan fingerprint density at radius 2 is 2.00 bits per heavy atom. The van der Waals surface area contributed by atoms with E-state index in [1.165, 1.54) is 5.56 Å². The fourth-order valence-corrected chi connectivity index (χ4v) is 1.69. The first kappa shape index (κ1) is 14.0. The van der Waals surface area contributed by atoms with Crippen molar-refractivity contribution in [2.75, 3.05) is 13.7 Å². The van der Waals surface area contributed by atoms with Crippen LogP contribution in [0.25, 0.3) is 0 Å². The molecule has 0 aromatic heterocycles. The van der Waals surface area contributed by atoms with E-state index in [4.69, 9.17) is 15.2 Å². The number of benzene rings is 1. The van der Waals surface area contributed by atoms with Gasteiger partial charge in [-0.25, -0.2) is 0 Å². The third-order valence-corrected chi connectivity index (χ3v) is 2.71. The van der Waals surface area contributed by atoms with Crippen LogP contribution in [0.15, 0.2) is 18.2 Å². The first-order valence-corrected chi connectivity index (χ1v) is 6.06. The first-order valence-electron chi connectivity index (χ1n) is 6.06. The summed E-state index contributed by atoms with van der Waals surface area (Å²) >= 11 is 0. The Morgan fingerprint density at radius 1 is 1.29 bits per heavy atom. The molecule has 1 aromatic carbocycles. The van der Waals surface area contributed by atoms with Gasteiger partial charge in [0.05, 0.1) is 6.10 Å². The summed E-state index contributed by atoms with van der Waals surface area (Å²) in [4.78, 5) is 0. The van der Waals surface area contributed by atoms with Gasteiger partial charge in [-0.3, -0.25) is 0 Å². The van der Waals surface area contributed by atoms with Gasteiger partial charge in [-0.05, 0) is 26.8 Å². The largest absolute Gasteiger partial charge is 0.490 e. The molecule has 1 aromatic rings. The molecule has 96 valence electrons. The van der Waals surface area contributed by atoms with Crippen molar-refractivity contribution >= 4 is 0 Å². The molecular weight excluding hydrogens is 214 g/mol. The number of aryl methyl sites for hydroxylation is 1. The molecule has 0 amide bonds. The molecule has 0 heterocycles. The summed E-state index contributed by atoms with van der Waals surface area (Å²) in [5.41, 5.74) is 8.22. The predicted molar refractivity (Wildman–Crippen MR) is 70.4 cm³/mol. The lowest BCUT2D eigenvalue weighted by atomic mass is 10.0. The van der Waals surface area contributed by atoms with Crippen molar-refractivity contribution in [3.8, 4) is 5.75 Å². The molecule has 0 saturated carbocycles. The van der Waals surface area contributed by atoms with Crippen LogP contribution in [-0.4, -0.2) is 19.8 Å². The van der Waals surface area contributed by atoms with Gasteiger partial charge in [0.15, 0.2) is 0 Å². The average Bonchev–Trinajstić information content (AvgIpc) is 2.28. The molecule has 3 nitrogen and oxygen atoms in total. The molecule has 0 radical (unpaired) electrons. The van der Waals surface area contributed by atoms with Crippen LogP contribution in [0.4, 0.5) is 0 Å². The van der Waals surface area contributed by atoms with Crippen LogP contribution in [0.1, 0.15) is 37.4 Å². The van der Waals surface area contributed by atoms with Crippen LogP contribution in [-0.2, 0) is 4.74 Å². The molecule has 0 fully saturated rings. The minimum absolute atomic E-state index is 0.0143. The molecule has 0 aliphatic rings. The number of hydrogen-bond acceptors (Lipinski definition) is 3. The lowest BCUT2D eigenvalue weighted by Gasteiger charge is -2.19. The third kappa shape index (κ3) is 4.36. The smallest absolute Gasteiger partial charge is 0.124 e. The van der Waals surface area contributed by atoms with Crippen LogP contribution >= 0.6 is 0 Å². The van der Waals surface area contributed by atoms with Crippen LogP contribution in [0, 0.1) is 6.92 Å². The van der Waals surface area contributed by atoms with Crippen molar-refractivity contribution in [2.24, 2.45) is 5.73 Å². The number of nitrogens with two attached hydrogens (primary N) is 1. The van der Waals surface area contributed by atoms with Gasteiger partial charge in [0, 0.05) is 31.7 Å². The molecular formula is C14H23NO2. The molecule has 0 aliphatic carbocycles. The van der Waals surface area contributed by atoms with E-state index in [9.17, 15) is 0 Å². The Labute approximate surface area is 104 Å². The highest BCUT2D eigenvalue weighted by Crippen LogP contribution is 2.26. The summed E-state index contributed by atoms with van der Waals surface area (Å²) in [7, 11) is 1.70. The van der Waals surface area contributed by atoms with E-state index >= 15 is 0 Å². The van der Waals surface area contributed by atoms with Crippen LogP contribution in [0.2, 0.25) is 0 Å². The van der Waals surface area contributed by atoms with Gasteiger partial charge in [0.25, 0.3) is 0 Å². The van der Waals surface area contributed by atoms with Gasteiger partial charge >= 0.3 is 0 Å². The van der Waals surface area contributed by atoms with Crippen molar-refractivity contribution in [1.82, 2.24) is 0 Å². The van der Waals surface area contributed by atoms with E-state index < -0.39 is 0 Å². The highest BCUT2D eigenvalue weighted by molar-refractivity contribution is 5.38. The lowest BCUT2D eigenvalue weighted by Crippen LogP contribution is -2.17. The second-order valence-corrected chi connectivity index (χ2v) is 4.54. The molecule has 0 saturated heterocycles. The zero-order chi connectivity index (χ0) is 12.8. The monoisotopic (exact) mass is 237 g/mol. The van der Waals surface area contributed by atoms with Crippen molar-refractivity contribution in [3.63, 3.8) is 0 Å². The minimum atomic E-state index is -0.0143. The Balaban J connectivity index is 2.76. The molecule has 0 aliphatic heterocycles. The third-order valence-electron chi connectivity index (χ3n) is 2.71. The minimum Gasteiger partial charge on any atom is -0.490 e. The highest BCUT2D eigenvalue weighted by Gasteiger charge is 2.11. The molecule has 1 rings (SSSR count). The summed E-state index contributed by atoms with van der Waals surface area (Å²) in [6.07, 6.45) is 1.01. The van der Waals surface area contributed by atoms with Crippen molar-refractivity contribution in [3.05, 3.63) is 29.3 Å². The van der Waals surface area contributed by atoms with E-state index in [2.05, 4.69) is 13.0 Å². The van der Waals surface area contributed by atoms with Crippen LogP contribution in [0.5, 0.6) is 5.75 Å².